The van der Waals surface area contributed by atoms with Crippen molar-refractivity contribution in [3.05, 3.63) is 23.2 Å². The molecule has 0 atom stereocenters. The van der Waals surface area contributed by atoms with Gasteiger partial charge in [-0.05, 0) is 12.1 Å². The van der Waals surface area contributed by atoms with Crippen molar-refractivity contribution >= 4 is 24.2 Å². The van der Waals surface area contributed by atoms with Crippen LogP contribution in [0, 0.1) is 0 Å². The van der Waals surface area contributed by atoms with E-state index in [1.165, 1.54) is 7.11 Å². The second kappa shape index (κ2) is 6.72. The van der Waals surface area contributed by atoms with Gasteiger partial charge in [0, 0.05) is 10.5 Å². The number of hydrogen-bond acceptors (Lipinski definition) is 5. The Morgan fingerprint density at radius 2 is 2.19 bits per heavy atom. The van der Waals surface area contributed by atoms with Crippen LogP contribution in [0.25, 0.3) is 0 Å². The predicted octanol–water partition coefficient (Wildman–Crippen LogP) is -0.0234. The first kappa shape index (κ1) is 13.3. The molecule has 0 bridgehead atoms. The Kier molecular flexibility index (Phi) is 5.58. The summed E-state index contributed by atoms with van der Waals surface area (Å²) in [6.07, 6.45) is 0. The van der Waals surface area contributed by atoms with E-state index < -0.39 is 7.12 Å². The average molecular weight is 246 g/mol. The molecular formula is C9H12BClO5. The lowest BCUT2D eigenvalue weighted by atomic mass is 9.79. The summed E-state index contributed by atoms with van der Waals surface area (Å²) < 4.78 is 5.02. The SMILES string of the molecule is COc1cc(Cl)ccc1B(O)OOCCO. The van der Waals surface area contributed by atoms with Crippen LogP contribution in [0.2, 0.25) is 5.02 Å². The van der Waals surface area contributed by atoms with Crippen molar-refractivity contribution in [2.45, 2.75) is 0 Å². The highest BCUT2D eigenvalue weighted by Gasteiger charge is 2.22. The van der Waals surface area contributed by atoms with Crippen LogP contribution in [0.4, 0.5) is 0 Å². The summed E-state index contributed by atoms with van der Waals surface area (Å²) in [5.41, 5.74) is 0.393. The van der Waals surface area contributed by atoms with E-state index in [1.54, 1.807) is 18.2 Å². The normalized spacial score (nSPS) is 10.2. The molecular weight excluding hydrogens is 234 g/mol. The molecule has 0 fully saturated rings. The maximum atomic E-state index is 9.60. The number of benzene rings is 1. The summed E-state index contributed by atoms with van der Waals surface area (Å²) in [6.45, 7) is -0.211. The fourth-order valence-corrected chi connectivity index (χ4v) is 1.25. The molecule has 1 aromatic carbocycles. The molecule has 2 N–H and O–H groups in total. The molecule has 0 saturated carbocycles. The molecule has 0 heterocycles. The molecule has 0 spiro atoms. The quantitative estimate of drug-likeness (QED) is 0.319. The number of aliphatic hydroxyl groups excluding tert-OH is 1. The summed E-state index contributed by atoms with van der Waals surface area (Å²) >= 11 is 5.76. The van der Waals surface area contributed by atoms with Crippen molar-refractivity contribution < 1.29 is 24.6 Å². The van der Waals surface area contributed by atoms with Crippen molar-refractivity contribution in [2.24, 2.45) is 0 Å². The van der Waals surface area contributed by atoms with E-state index in [9.17, 15) is 5.02 Å². The van der Waals surface area contributed by atoms with Crippen LogP contribution in [0.1, 0.15) is 0 Å². The van der Waals surface area contributed by atoms with Crippen molar-refractivity contribution in [3.8, 4) is 5.75 Å². The topological polar surface area (TPSA) is 68.2 Å². The summed E-state index contributed by atoms with van der Waals surface area (Å²) in [7, 11) is 0.162. The van der Waals surface area contributed by atoms with E-state index in [4.69, 9.17) is 21.4 Å². The largest absolute Gasteiger partial charge is 0.526 e. The lowest BCUT2D eigenvalue weighted by Gasteiger charge is -2.11. The maximum absolute atomic E-state index is 9.60. The Morgan fingerprint density at radius 1 is 1.44 bits per heavy atom. The molecule has 0 aliphatic heterocycles. The van der Waals surface area contributed by atoms with Crippen LogP contribution in [-0.4, -0.2) is 37.6 Å². The monoisotopic (exact) mass is 246 g/mol. The molecule has 1 rings (SSSR count). The number of hydrogen-bond donors (Lipinski definition) is 2. The smallest absolute Gasteiger partial charge is 0.497 e. The molecule has 0 aliphatic rings. The van der Waals surface area contributed by atoms with E-state index in [1.807, 2.05) is 0 Å². The van der Waals surface area contributed by atoms with Crippen LogP contribution < -0.4 is 10.2 Å². The number of methoxy groups -OCH3 is 1. The van der Waals surface area contributed by atoms with Gasteiger partial charge in [0.15, 0.2) is 0 Å². The Bertz CT molecular complexity index is 336. The van der Waals surface area contributed by atoms with Gasteiger partial charge in [0.25, 0.3) is 0 Å². The van der Waals surface area contributed by atoms with E-state index in [0.29, 0.717) is 16.2 Å². The van der Waals surface area contributed by atoms with Gasteiger partial charge in [-0.15, -0.1) is 0 Å². The fraction of sp³-hybridized carbons (Fsp3) is 0.333. The third-order valence-corrected chi connectivity index (χ3v) is 2.03. The molecule has 0 saturated heterocycles. The number of rotatable bonds is 6. The van der Waals surface area contributed by atoms with Crippen LogP contribution >= 0.6 is 11.6 Å². The molecule has 0 aromatic heterocycles. The van der Waals surface area contributed by atoms with Gasteiger partial charge in [-0.2, -0.15) is 0 Å². The summed E-state index contributed by atoms with van der Waals surface area (Å²) in [5, 5.41) is 18.5. The van der Waals surface area contributed by atoms with Gasteiger partial charge in [-0.25, -0.2) is 4.89 Å². The molecule has 1 aromatic rings. The summed E-state index contributed by atoms with van der Waals surface area (Å²) in [6, 6.07) is 4.71. The zero-order valence-electron chi connectivity index (χ0n) is 8.72. The zero-order chi connectivity index (χ0) is 12.0. The zero-order valence-corrected chi connectivity index (χ0v) is 9.48. The Labute approximate surface area is 98.6 Å². The lowest BCUT2D eigenvalue weighted by Crippen LogP contribution is -2.35. The van der Waals surface area contributed by atoms with Crippen molar-refractivity contribution in [2.75, 3.05) is 20.3 Å². The summed E-state index contributed by atoms with van der Waals surface area (Å²) in [5.74, 6) is 0.396. The van der Waals surface area contributed by atoms with Crippen LogP contribution in [0.15, 0.2) is 18.2 Å². The van der Waals surface area contributed by atoms with Crippen molar-refractivity contribution in [1.82, 2.24) is 0 Å². The highest BCUT2D eigenvalue weighted by molar-refractivity contribution is 6.61. The van der Waals surface area contributed by atoms with Crippen LogP contribution in [-0.2, 0) is 9.69 Å². The molecule has 0 aliphatic carbocycles. The first-order chi connectivity index (χ1) is 7.69. The second-order valence-corrected chi connectivity index (χ2v) is 3.32. The van der Waals surface area contributed by atoms with E-state index in [0.717, 1.165) is 0 Å². The first-order valence-corrected chi connectivity index (χ1v) is 4.97. The van der Waals surface area contributed by atoms with Gasteiger partial charge in [-0.1, -0.05) is 17.7 Å². The highest BCUT2D eigenvalue weighted by atomic mass is 35.5. The third kappa shape index (κ3) is 3.66. The molecule has 0 amide bonds. The van der Waals surface area contributed by atoms with Crippen LogP contribution in [0.3, 0.4) is 0 Å². The molecule has 88 valence electrons. The first-order valence-electron chi connectivity index (χ1n) is 4.59. The number of ether oxygens (including phenoxy) is 1. The molecule has 0 unspecified atom stereocenters. The highest BCUT2D eigenvalue weighted by Crippen LogP contribution is 2.15. The van der Waals surface area contributed by atoms with Crippen LogP contribution in [0.5, 0.6) is 5.75 Å². The van der Waals surface area contributed by atoms with E-state index in [2.05, 4.69) is 9.69 Å². The van der Waals surface area contributed by atoms with Crippen molar-refractivity contribution in [1.29, 1.82) is 0 Å². The molecule has 16 heavy (non-hydrogen) atoms. The van der Waals surface area contributed by atoms with Gasteiger partial charge in [0.05, 0.1) is 13.7 Å². The summed E-state index contributed by atoms with van der Waals surface area (Å²) in [4.78, 5) is 9.16. The minimum atomic E-state index is -1.29. The predicted molar refractivity (Wildman–Crippen MR) is 59.7 cm³/mol. The van der Waals surface area contributed by atoms with E-state index >= 15 is 0 Å². The molecule has 5 nitrogen and oxygen atoms in total. The van der Waals surface area contributed by atoms with Crippen molar-refractivity contribution in [3.63, 3.8) is 0 Å². The minimum Gasteiger partial charge on any atom is -0.497 e. The minimum absolute atomic E-state index is 0.0209. The Hall–Kier alpha value is -0.785. The van der Waals surface area contributed by atoms with Gasteiger partial charge in [0.1, 0.15) is 12.4 Å². The lowest BCUT2D eigenvalue weighted by molar-refractivity contribution is -0.225. The molecule has 7 heteroatoms. The third-order valence-electron chi connectivity index (χ3n) is 1.80. The average Bonchev–Trinajstić information content (AvgIpc) is 2.29. The number of aliphatic hydroxyl groups is 1. The second-order valence-electron chi connectivity index (χ2n) is 2.88. The molecule has 0 radical (unpaired) electrons. The van der Waals surface area contributed by atoms with Gasteiger partial charge in [0.2, 0.25) is 0 Å². The number of halogens is 1. The van der Waals surface area contributed by atoms with Gasteiger partial charge in [-0.3, -0.25) is 4.81 Å². The standard InChI is InChI=1S/C9H12BClO5/c1-14-9-6-7(11)2-3-8(9)10(13)16-15-5-4-12/h2-3,6,12-13H,4-5H2,1H3. The fourth-order valence-electron chi connectivity index (χ4n) is 1.09. The maximum Gasteiger partial charge on any atom is 0.526 e. The van der Waals surface area contributed by atoms with Gasteiger partial charge >= 0.3 is 7.12 Å². The van der Waals surface area contributed by atoms with E-state index in [-0.39, 0.29) is 13.2 Å². The Balaban J connectivity index is 2.70. The van der Waals surface area contributed by atoms with Gasteiger partial charge < -0.3 is 14.9 Å². The Morgan fingerprint density at radius 3 is 2.81 bits per heavy atom.